The Balaban J connectivity index is 1.60. The van der Waals surface area contributed by atoms with Gasteiger partial charge in [0.15, 0.2) is 6.10 Å². The molecule has 2 aromatic rings. The fourth-order valence-corrected chi connectivity index (χ4v) is 4.58. The SMILES string of the molecule is CN1CCC2OC(=O)/C=C/C(=O)O[C@@]21CCO[C@@](C)(c1ccccc1)c1ccc(Cl)cc1. The topological polar surface area (TPSA) is 65.1 Å². The Morgan fingerprint density at radius 3 is 2.44 bits per heavy atom. The summed E-state index contributed by atoms with van der Waals surface area (Å²) in [5.74, 6) is -1.11. The third kappa shape index (κ3) is 4.31. The van der Waals surface area contributed by atoms with Crippen LogP contribution in [0.25, 0.3) is 0 Å². The first-order valence-corrected chi connectivity index (χ1v) is 11.0. The number of carbonyl (C=O) groups excluding carboxylic acids is 2. The Bertz CT molecular complexity index is 1010. The molecule has 3 atom stereocenters. The molecule has 1 saturated heterocycles. The van der Waals surface area contributed by atoms with Crippen molar-refractivity contribution >= 4 is 23.5 Å². The summed E-state index contributed by atoms with van der Waals surface area (Å²) < 4.78 is 17.9. The van der Waals surface area contributed by atoms with Crippen molar-refractivity contribution in [3.8, 4) is 0 Å². The molecule has 0 aliphatic carbocycles. The summed E-state index contributed by atoms with van der Waals surface area (Å²) >= 11 is 6.10. The van der Waals surface area contributed by atoms with Crippen molar-refractivity contribution < 1.29 is 23.8 Å². The van der Waals surface area contributed by atoms with Gasteiger partial charge in [-0.25, -0.2) is 9.59 Å². The zero-order valence-corrected chi connectivity index (χ0v) is 18.9. The molecule has 32 heavy (non-hydrogen) atoms. The van der Waals surface area contributed by atoms with Gasteiger partial charge in [0.05, 0.1) is 6.61 Å². The largest absolute Gasteiger partial charge is 0.453 e. The predicted octanol–water partition coefficient (Wildman–Crippen LogP) is 4.07. The number of likely N-dealkylation sites (tertiary alicyclic amines) is 1. The van der Waals surface area contributed by atoms with Crippen molar-refractivity contribution in [2.24, 2.45) is 0 Å². The lowest BCUT2D eigenvalue weighted by molar-refractivity contribution is -0.207. The number of carbonyl (C=O) groups is 2. The number of ether oxygens (including phenoxy) is 3. The fraction of sp³-hybridized carbons (Fsp3) is 0.360. The normalized spacial score (nSPS) is 26.3. The zero-order valence-electron chi connectivity index (χ0n) is 18.1. The summed E-state index contributed by atoms with van der Waals surface area (Å²) in [7, 11) is 1.86. The first-order valence-electron chi connectivity index (χ1n) is 10.6. The van der Waals surface area contributed by atoms with Crippen LogP contribution in [-0.4, -0.2) is 48.9 Å². The number of hydrogen-bond donors (Lipinski definition) is 0. The summed E-state index contributed by atoms with van der Waals surface area (Å²) in [6.45, 7) is 2.91. The van der Waals surface area contributed by atoms with Gasteiger partial charge in [0.2, 0.25) is 5.72 Å². The zero-order chi connectivity index (χ0) is 22.8. The third-order valence-corrected chi connectivity index (χ3v) is 6.59. The second-order valence-corrected chi connectivity index (χ2v) is 8.68. The highest BCUT2D eigenvalue weighted by Gasteiger charge is 2.53. The highest BCUT2D eigenvalue weighted by molar-refractivity contribution is 6.30. The lowest BCUT2D eigenvalue weighted by Gasteiger charge is -2.40. The van der Waals surface area contributed by atoms with E-state index in [2.05, 4.69) is 0 Å². The minimum Gasteiger partial charge on any atom is -0.453 e. The molecule has 7 heteroatoms. The van der Waals surface area contributed by atoms with E-state index in [1.54, 1.807) is 0 Å². The molecule has 0 amide bonds. The van der Waals surface area contributed by atoms with Gasteiger partial charge in [-0.2, -0.15) is 0 Å². The van der Waals surface area contributed by atoms with Crippen molar-refractivity contribution in [2.45, 2.75) is 37.2 Å². The molecule has 0 radical (unpaired) electrons. The number of esters is 2. The second kappa shape index (κ2) is 9.06. The van der Waals surface area contributed by atoms with Crippen LogP contribution in [0.15, 0.2) is 66.7 Å². The van der Waals surface area contributed by atoms with Crippen LogP contribution in [0.4, 0.5) is 0 Å². The molecule has 0 N–H and O–H groups in total. The van der Waals surface area contributed by atoms with Gasteiger partial charge in [0.25, 0.3) is 0 Å². The van der Waals surface area contributed by atoms with Crippen molar-refractivity contribution in [1.82, 2.24) is 4.90 Å². The smallest absolute Gasteiger partial charge is 0.332 e. The Morgan fingerprint density at radius 2 is 1.72 bits per heavy atom. The average molecular weight is 456 g/mol. The summed E-state index contributed by atoms with van der Waals surface area (Å²) in [6, 6.07) is 17.5. The second-order valence-electron chi connectivity index (χ2n) is 8.24. The monoisotopic (exact) mass is 455 g/mol. The van der Waals surface area contributed by atoms with Gasteiger partial charge in [0, 0.05) is 36.6 Å². The first kappa shape index (κ1) is 22.5. The van der Waals surface area contributed by atoms with E-state index in [0.717, 1.165) is 23.3 Å². The molecular weight excluding hydrogens is 430 g/mol. The number of likely N-dealkylation sites (N-methyl/N-ethyl adjacent to an activating group) is 1. The highest BCUT2D eigenvalue weighted by Crippen LogP contribution is 2.39. The Labute approximate surface area is 192 Å². The molecule has 1 unspecified atom stereocenters. The van der Waals surface area contributed by atoms with Gasteiger partial charge >= 0.3 is 11.9 Å². The molecule has 2 heterocycles. The molecule has 6 nitrogen and oxygen atoms in total. The fourth-order valence-electron chi connectivity index (χ4n) is 4.45. The maximum Gasteiger partial charge on any atom is 0.332 e. The molecule has 2 aliphatic heterocycles. The maximum absolute atomic E-state index is 12.3. The van der Waals surface area contributed by atoms with Crippen molar-refractivity contribution in [2.75, 3.05) is 20.2 Å². The number of halogens is 1. The van der Waals surface area contributed by atoms with Gasteiger partial charge < -0.3 is 14.2 Å². The van der Waals surface area contributed by atoms with E-state index in [9.17, 15) is 9.59 Å². The standard InChI is InChI=1S/C25H26ClNO5/c1-24(18-6-4-3-5-7-18,19-8-10-20(26)11-9-19)30-17-15-25-21(14-16-27(25)2)31-22(28)12-13-23(29)32-25/h3-13,21H,14-17H2,1-2H3/b13-12+/t21?,24-,25-/m0/s1. The maximum atomic E-state index is 12.3. The van der Waals surface area contributed by atoms with E-state index in [0.29, 0.717) is 24.4 Å². The predicted molar refractivity (Wildman–Crippen MR) is 120 cm³/mol. The van der Waals surface area contributed by atoms with Crippen molar-refractivity contribution in [3.63, 3.8) is 0 Å². The number of nitrogens with zero attached hydrogens (tertiary/aromatic N) is 1. The lowest BCUT2D eigenvalue weighted by Crippen LogP contribution is -2.54. The Morgan fingerprint density at radius 1 is 1.06 bits per heavy atom. The first-order chi connectivity index (χ1) is 15.3. The summed E-state index contributed by atoms with van der Waals surface area (Å²) in [6.07, 6.45) is 2.58. The van der Waals surface area contributed by atoms with Crippen molar-refractivity contribution in [3.05, 3.63) is 82.9 Å². The van der Waals surface area contributed by atoms with Gasteiger partial charge in [-0.05, 0) is 37.2 Å². The molecule has 168 valence electrons. The van der Waals surface area contributed by atoms with Gasteiger partial charge in [0.1, 0.15) is 5.60 Å². The van der Waals surface area contributed by atoms with Gasteiger partial charge in [-0.3, -0.25) is 4.90 Å². The average Bonchev–Trinajstić information content (AvgIpc) is 3.06. The van der Waals surface area contributed by atoms with Crippen molar-refractivity contribution in [1.29, 1.82) is 0 Å². The quantitative estimate of drug-likeness (QED) is 0.612. The van der Waals surface area contributed by atoms with Crippen LogP contribution in [0.5, 0.6) is 0 Å². The van der Waals surface area contributed by atoms with Gasteiger partial charge in [-0.1, -0.05) is 54.1 Å². The Hall–Kier alpha value is -2.67. The van der Waals surface area contributed by atoms with Crippen LogP contribution in [0, 0.1) is 0 Å². The summed E-state index contributed by atoms with van der Waals surface area (Å²) in [4.78, 5) is 26.3. The van der Waals surface area contributed by atoms with Crippen LogP contribution in [-0.2, 0) is 29.4 Å². The number of fused-ring (bicyclic) bond motifs is 1. The molecule has 2 aliphatic rings. The van der Waals surface area contributed by atoms with Crippen LogP contribution >= 0.6 is 11.6 Å². The molecule has 0 spiro atoms. The van der Waals surface area contributed by atoms with Crippen LogP contribution < -0.4 is 0 Å². The highest BCUT2D eigenvalue weighted by atomic mass is 35.5. The third-order valence-electron chi connectivity index (χ3n) is 6.34. The van der Waals surface area contributed by atoms with E-state index in [-0.39, 0.29) is 6.61 Å². The van der Waals surface area contributed by atoms with E-state index in [1.165, 1.54) is 0 Å². The summed E-state index contributed by atoms with van der Waals surface area (Å²) in [5, 5.41) is 0.648. The molecule has 0 saturated carbocycles. The number of benzene rings is 2. The molecule has 0 aromatic heterocycles. The van der Waals surface area contributed by atoms with E-state index in [1.807, 2.05) is 73.5 Å². The van der Waals surface area contributed by atoms with E-state index >= 15 is 0 Å². The minimum absolute atomic E-state index is 0.267. The number of hydrogen-bond acceptors (Lipinski definition) is 6. The van der Waals surface area contributed by atoms with E-state index < -0.39 is 29.4 Å². The molecular formula is C25H26ClNO5. The van der Waals surface area contributed by atoms with Gasteiger partial charge in [-0.15, -0.1) is 0 Å². The number of rotatable bonds is 6. The summed E-state index contributed by atoms with van der Waals surface area (Å²) in [5.41, 5.74) is 0.109. The van der Waals surface area contributed by atoms with E-state index in [4.69, 9.17) is 25.8 Å². The Kier molecular flexibility index (Phi) is 6.38. The molecule has 2 aromatic carbocycles. The lowest BCUT2D eigenvalue weighted by atomic mass is 9.88. The minimum atomic E-state index is -1.07. The van der Waals surface area contributed by atoms with Crippen LogP contribution in [0.2, 0.25) is 5.02 Å². The molecule has 1 fully saturated rings. The van der Waals surface area contributed by atoms with Crippen LogP contribution in [0.3, 0.4) is 0 Å². The molecule has 4 rings (SSSR count). The molecule has 0 bridgehead atoms. The van der Waals surface area contributed by atoms with Crippen LogP contribution in [0.1, 0.15) is 30.9 Å².